The van der Waals surface area contributed by atoms with Gasteiger partial charge in [-0.2, -0.15) is 0 Å². The normalized spacial score (nSPS) is 10.5. The first-order chi connectivity index (χ1) is 9.13. The summed E-state index contributed by atoms with van der Waals surface area (Å²) in [6.07, 6.45) is 0. The molecule has 0 aliphatic rings. The van der Waals surface area contributed by atoms with Gasteiger partial charge >= 0.3 is 0 Å². The minimum atomic E-state index is -0.339. The number of benzene rings is 2. The van der Waals surface area contributed by atoms with Crippen molar-refractivity contribution in [2.45, 2.75) is 6.54 Å². The van der Waals surface area contributed by atoms with E-state index in [1.807, 2.05) is 25.2 Å². The van der Waals surface area contributed by atoms with Crippen LogP contribution >= 0.6 is 11.6 Å². The second-order valence-electron chi connectivity index (χ2n) is 4.22. The third-order valence-electron chi connectivity index (χ3n) is 2.84. The lowest BCUT2D eigenvalue weighted by molar-refractivity contribution is 0.408. The van der Waals surface area contributed by atoms with Crippen molar-refractivity contribution in [3.05, 3.63) is 52.8 Å². The van der Waals surface area contributed by atoms with Crippen molar-refractivity contribution in [1.29, 1.82) is 0 Å². The average molecular weight is 280 g/mol. The summed E-state index contributed by atoms with van der Waals surface area (Å²) in [5, 5.41) is 3.47. The Labute approximate surface area is 117 Å². The average Bonchev–Trinajstić information content (AvgIpc) is 2.38. The van der Waals surface area contributed by atoms with E-state index in [9.17, 15) is 4.39 Å². The molecule has 0 aromatic heterocycles. The summed E-state index contributed by atoms with van der Waals surface area (Å²) in [6, 6.07) is 10.2. The smallest absolute Gasteiger partial charge is 0.125 e. The van der Waals surface area contributed by atoms with Gasteiger partial charge in [0, 0.05) is 17.1 Å². The van der Waals surface area contributed by atoms with E-state index in [0.29, 0.717) is 11.6 Å². The maximum absolute atomic E-state index is 13.4. The number of methoxy groups -OCH3 is 1. The summed E-state index contributed by atoms with van der Waals surface area (Å²) in [5.41, 5.74) is 2.68. The van der Waals surface area contributed by atoms with Crippen LogP contribution in [-0.2, 0) is 6.54 Å². The molecule has 4 heteroatoms. The van der Waals surface area contributed by atoms with Crippen LogP contribution in [-0.4, -0.2) is 14.2 Å². The molecule has 2 nitrogen and oxygen atoms in total. The lowest BCUT2D eigenvalue weighted by atomic mass is 10.0. The van der Waals surface area contributed by atoms with Gasteiger partial charge in [-0.05, 0) is 48.5 Å². The van der Waals surface area contributed by atoms with Crippen molar-refractivity contribution in [2.75, 3.05) is 14.2 Å². The van der Waals surface area contributed by atoms with Gasteiger partial charge in [-0.15, -0.1) is 0 Å². The Morgan fingerprint density at radius 1 is 1.16 bits per heavy atom. The van der Waals surface area contributed by atoms with Gasteiger partial charge < -0.3 is 10.1 Å². The molecule has 0 aliphatic carbocycles. The minimum absolute atomic E-state index is 0.339. The fraction of sp³-hybridized carbons (Fsp3) is 0.200. The van der Waals surface area contributed by atoms with Gasteiger partial charge in [-0.3, -0.25) is 0 Å². The lowest BCUT2D eigenvalue weighted by Crippen LogP contribution is -2.06. The molecule has 0 bridgehead atoms. The zero-order chi connectivity index (χ0) is 13.8. The molecule has 19 heavy (non-hydrogen) atoms. The third kappa shape index (κ3) is 3.25. The molecule has 2 aromatic carbocycles. The molecule has 2 rings (SSSR count). The molecule has 0 saturated heterocycles. The van der Waals surface area contributed by atoms with E-state index in [0.717, 1.165) is 22.4 Å². The van der Waals surface area contributed by atoms with Crippen LogP contribution in [0, 0.1) is 5.82 Å². The Hall–Kier alpha value is -1.58. The Morgan fingerprint density at radius 2 is 1.95 bits per heavy atom. The summed E-state index contributed by atoms with van der Waals surface area (Å²) in [7, 11) is 3.50. The maximum atomic E-state index is 13.4. The highest BCUT2D eigenvalue weighted by Gasteiger charge is 2.07. The van der Waals surface area contributed by atoms with Crippen molar-refractivity contribution in [2.24, 2.45) is 0 Å². The Morgan fingerprint density at radius 3 is 2.58 bits per heavy atom. The molecule has 0 amide bonds. The van der Waals surface area contributed by atoms with Crippen molar-refractivity contribution in [3.63, 3.8) is 0 Å². The predicted molar refractivity (Wildman–Crippen MR) is 76.2 cm³/mol. The van der Waals surface area contributed by atoms with Crippen molar-refractivity contribution >= 4 is 11.6 Å². The molecule has 2 aromatic rings. The van der Waals surface area contributed by atoms with Gasteiger partial charge in [0.1, 0.15) is 11.6 Å². The highest BCUT2D eigenvalue weighted by Crippen LogP contribution is 2.29. The van der Waals surface area contributed by atoms with Gasteiger partial charge in [0.2, 0.25) is 0 Å². The Balaban J connectivity index is 2.47. The van der Waals surface area contributed by atoms with Crippen molar-refractivity contribution in [1.82, 2.24) is 5.32 Å². The summed E-state index contributed by atoms with van der Waals surface area (Å²) in [6.45, 7) is 0.681. The summed E-state index contributed by atoms with van der Waals surface area (Å²) < 4.78 is 18.7. The fourth-order valence-corrected chi connectivity index (χ4v) is 2.23. The molecule has 0 radical (unpaired) electrons. The van der Waals surface area contributed by atoms with E-state index < -0.39 is 0 Å². The topological polar surface area (TPSA) is 21.3 Å². The largest absolute Gasteiger partial charge is 0.496 e. The summed E-state index contributed by atoms with van der Waals surface area (Å²) in [5.74, 6) is 0.467. The third-order valence-corrected chi connectivity index (χ3v) is 3.06. The second kappa shape index (κ2) is 6.04. The van der Waals surface area contributed by atoms with E-state index in [2.05, 4.69) is 5.32 Å². The molecule has 1 N–H and O–H groups in total. The SMILES string of the molecule is CNCc1cc(-c2cc(F)cc(Cl)c2)ccc1OC. The van der Waals surface area contributed by atoms with Crippen LogP contribution < -0.4 is 10.1 Å². The number of halogens is 2. The first-order valence-corrected chi connectivity index (χ1v) is 6.30. The van der Waals surface area contributed by atoms with Crippen molar-refractivity contribution < 1.29 is 9.13 Å². The van der Waals surface area contributed by atoms with Crippen LogP contribution in [0.5, 0.6) is 5.75 Å². The molecule has 0 atom stereocenters. The highest BCUT2D eigenvalue weighted by molar-refractivity contribution is 6.30. The zero-order valence-corrected chi connectivity index (χ0v) is 11.6. The molecule has 100 valence electrons. The van der Waals surface area contributed by atoms with Gasteiger partial charge in [-0.1, -0.05) is 17.7 Å². The van der Waals surface area contributed by atoms with Gasteiger partial charge in [0.05, 0.1) is 7.11 Å². The fourth-order valence-electron chi connectivity index (χ4n) is 2.01. The summed E-state index contributed by atoms with van der Waals surface area (Å²) >= 11 is 5.88. The van der Waals surface area contributed by atoms with Crippen LogP contribution in [0.15, 0.2) is 36.4 Å². The van der Waals surface area contributed by atoms with Gasteiger partial charge in [0.15, 0.2) is 0 Å². The van der Waals surface area contributed by atoms with Crippen LogP contribution in [0.1, 0.15) is 5.56 Å². The number of rotatable bonds is 4. The summed E-state index contributed by atoms with van der Waals surface area (Å²) in [4.78, 5) is 0. The first-order valence-electron chi connectivity index (χ1n) is 5.92. The van der Waals surface area contributed by atoms with Crippen LogP contribution in [0.3, 0.4) is 0 Å². The molecule has 0 aliphatic heterocycles. The minimum Gasteiger partial charge on any atom is -0.496 e. The van der Waals surface area contributed by atoms with Crippen molar-refractivity contribution in [3.8, 4) is 16.9 Å². The molecule has 0 fully saturated rings. The number of ether oxygens (including phenoxy) is 1. The Kier molecular flexibility index (Phi) is 4.40. The predicted octanol–water partition coefficient (Wildman–Crippen LogP) is 3.87. The van der Waals surface area contributed by atoms with Crippen LogP contribution in [0.25, 0.3) is 11.1 Å². The quantitative estimate of drug-likeness (QED) is 0.917. The van der Waals surface area contributed by atoms with Crippen LogP contribution in [0.2, 0.25) is 5.02 Å². The lowest BCUT2D eigenvalue weighted by Gasteiger charge is -2.11. The standard InChI is InChI=1S/C15H15ClFNO/c1-18-9-12-5-10(3-4-15(12)19-2)11-6-13(16)8-14(17)7-11/h3-8,18H,9H2,1-2H3. The van der Waals surface area contributed by atoms with E-state index in [4.69, 9.17) is 16.3 Å². The second-order valence-corrected chi connectivity index (χ2v) is 4.65. The maximum Gasteiger partial charge on any atom is 0.125 e. The molecule has 0 heterocycles. The van der Waals surface area contributed by atoms with Crippen LogP contribution in [0.4, 0.5) is 4.39 Å². The Bertz CT molecular complexity index is 566. The number of nitrogens with one attached hydrogen (secondary N) is 1. The first kappa shape index (κ1) is 13.8. The number of hydrogen-bond acceptors (Lipinski definition) is 2. The van der Waals surface area contributed by atoms with Gasteiger partial charge in [-0.25, -0.2) is 4.39 Å². The monoisotopic (exact) mass is 279 g/mol. The molecule has 0 spiro atoms. The van der Waals surface area contributed by atoms with E-state index in [-0.39, 0.29) is 5.82 Å². The van der Waals surface area contributed by atoms with E-state index in [1.54, 1.807) is 13.2 Å². The molecule has 0 saturated carbocycles. The molecular weight excluding hydrogens is 265 g/mol. The van der Waals surface area contributed by atoms with E-state index >= 15 is 0 Å². The number of hydrogen-bond donors (Lipinski definition) is 1. The van der Waals surface area contributed by atoms with Gasteiger partial charge in [0.25, 0.3) is 0 Å². The highest BCUT2D eigenvalue weighted by atomic mass is 35.5. The molecule has 0 unspecified atom stereocenters. The zero-order valence-electron chi connectivity index (χ0n) is 10.8. The van der Waals surface area contributed by atoms with E-state index in [1.165, 1.54) is 12.1 Å². The molecular formula is C15H15ClFNO.